The van der Waals surface area contributed by atoms with E-state index in [1.54, 1.807) is 90.1 Å². The first kappa shape index (κ1) is 126. The molecule has 9 N–H and O–H groups in total. The Morgan fingerprint density at radius 2 is 0.914 bits per heavy atom. The molecule has 3 aliphatic carbocycles. The second kappa shape index (κ2) is 44.3. The number of halogens is 23. The molecule has 140 heavy (non-hydrogen) atoms. The van der Waals surface area contributed by atoms with Crippen molar-refractivity contribution >= 4 is 41.8 Å². The third-order valence-corrected chi connectivity index (χ3v) is 28.4. The largest absolute Gasteiger partial charge is 0.508 e. The molecule has 3 aliphatic heterocycles. The Morgan fingerprint density at radius 3 is 1.26 bits per heavy atom. The second-order valence-electron chi connectivity index (χ2n) is 40.5. The molecule has 23 nitrogen and oxygen atoms in total. The minimum atomic E-state index is -6.28. The fourth-order valence-electron chi connectivity index (χ4n) is 15.4. The van der Waals surface area contributed by atoms with Gasteiger partial charge in [-0.15, -0.1) is 0 Å². The maximum atomic E-state index is 14.0. The Bertz CT molecular complexity index is 4590. The van der Waals surface area contributed by atoms with Crippen LogP contribution in [0.25, 0.3) is 0 Å². The number of aliphatic carboxylic acids is 2. The van der Waals surface area contributed by atoms with E-state index in [4.69, 9.17) is 39.0 Å². The molecule has 6 aliphatic rings. The van der Waals surface area contributed by atoms with E-state index in [0.29, 0.717) is 62.7 Å². The number of benzene rings is 3. The minimum Gasteiger partial charge on any atom is -0.508 e. The fourth-order valence-corrected chi connectivity index (χ4v) is 15.4. The van der Waals surface area contributed by atoms with Crippen LogP contribution < -0.4 is 9.47 Å². The monoisotopic (exact) mass is 2060 g/mol. The molecular formula is C94H129F23O23. The molecule has 3 heterocycles. The summed E-state index contributed by atoms with van der Waals surface area (Å²) in [7, 11) is 0. The van der Waals surface area contributed by atoms with Crippen LogP contribution in [0.5, 0.6) is 23.0 Å². The van der Waals surface area contributed by atoms with Gasteiger partial charge in [0.15, 0.2) is 11.2 Å². The number of hydrogen-bond donors (Lipinski definition) is 9. The van der Waals surface area contributed by atoms with Crippen molar-refractivity contribution < 1.29 is 214 Å². The van der Waals surface area contributed by atoms with Gasteiger partial charge in [-0.05, 0) is 259 Å². The summed E-state index contributed by atoms with van der Waals surface area (Å²) in [5.41, 5.74) is -28.4. The minimum absolute atomic E-state index is 0.0301. The average molecular weight is 2060 g/mol. The Labute approximate surface area is 795 Å². The van der Waals surface area contributed by atoms with Crippen molar-refractivity contribution in [3.63, 3.8) is 0 Å². The molecule has 1 spiro atoms. The fraction of sp³-hybridized carbons (Fsp3) is 0.734. The molecule has 3 aromatic carbocycles. The molecule has 0 radical (unpaired) electrons. The first-order chi connectivity index (χ1) is 62.8. The van der Waals surface area contributed by atoms with E-state index in [1.165, 1.54) is 71.9 Å². The Balaban J connectivity index is 0.000000433. The number of alkyl halides is 23. The van der Waals surface area contributed by atoms with Gasteiger partial charge < -0.3 is 79.1 Å². The lowest BCUT2D eigenvalue weighted by Crippen LogP contribution is -2.64. The first-order valence-corrected chi connectivity index (χ1v) is 44.7. The lowest BCUT2D eigenvalue weighted by atomic mass is 9.66. The van der Waals surface area contributed by atoms with E-state index in [-0.39, 0.29) is 80.2 Å². The number of phenols is 1. The van der Waals surface area contributed by atoms with E-state index in [2.05, 4.69) is 9.47 Å². The summed E-state index contributed by atoms with van der Waals surface area (Å²) in [6.45, 7) is 29.9. The number of phenolic OH excluding ortho intramolecular Hbond substituents is 1. The Hall–Kier alpha value is -8.34. The quantitative estimate of drug-likeness (QED) is 0.0165. The molecular weight excluding hydrogens is 1930 g/mol. The zero-order valence-electron chi connectivity index (χ0n) is 81.3. The number of carbonyl (C=O) groups excluding carboxylic acids is 5. The number of cyclic esters (lactones) is 1. The third kappa shape index (κ3) is 28.0. The number of rotatable bonds is 25. The molecule has 3 saturated carbocycles. The molecule has 46 heteroatoms. The van der Waals surface area contributed by atoms with Gasteiger partial charge >= 0.3 is 96.7 Å². The zero-order chi connectivity index (χ0) is 109. The number of aliphatic hydroxyl groups excluding tert-OH is 1. The van der Waals surface area contributed by atoms with Crippen LogP contribution in [0.4, 0.5) is 101 Å². The maximum absolute atomic E-state index is 14.0. The Kier molecular flexibility index (Phi) is 39.8. The SMILES string of the molecule is CCC(C)(C)C(=O)O.CCC(C)(C)C(=O)OC1(C)COC(O)(C(F)(F)F)C1(F)F.CCC(C)(C)C(=O)OC1CC(C(C)(O)C(F)(F)F)CC(C(O)(C(F)(F)F)C(F)(F)F)C1.CCC(C)(C)C(=O)Oc1ccc(Oc2ccc(O)cc2)cc1.CCC(C)(CO)C(=O)O.CCC1(C)CC(CC(O)(C(F)(F)F)C(F)(F)F)(c2ccccc2)OC1=O.CCC1(C)CC2(CC3CC2CC3CC(C)(O)C(F)(F)F)OC1=O. The van der Waals surface area contributed by atoms with Gasteiger partial charge in [-0.1, -0.05) is 78.8 Å². The van der Waals surface area contributed by atoms with E-state index < -0.39 is 219 Å². The lowest BCUT2D eigenvalue weighted by molar-refractivity contribution is -0.409. The number of hydrogen-bond acceptors (Lipinski definition) is 21. The highest BCUT2D eigenvalue weighted by Gasteiger charge is 2.83. The van der Waals surface area contributed by atoms with Crippen LogP contribution in [0.1, 0.15) is 260 Å². The molecule has 0 amide bonds. The standard InChI is InChI=1S/C18H25F9O4.C18H20O4.C17H18F6O3.C17H25F3O3.C12H17F5O4.C6H12O3.C6H12O2/c1-5-13(2,3)12(28)31-11-7-9(14(4,29)16(19,20)21)6-10(8-11)15(30,17(22,23)24)18(25,26)27;1-4-18(2,3)17(20)22-16-11-9-15(10-12-16)21-14-7-5-13(19)6-8-14;1-3-13(2)9-14(26-12(13)24,11-7-5-4-6-8-11)10-15(25,16(18,19)20)17(21,22)23;1-4-14(2)9-16(23-13(14)21)8-11-6-12(16)5-10(11)7-15(3,22)17(18,19)20;1-5-8(2,3)7(18)21-9(4)6-20-11(19,10(9,13)14)12(15,16)17;1-3-6(2,4-7)5(8)9;1-4-6(2,3)5(7)8/h9-11,29-30H,5-8H2,1-4H3;5-12,19H,4H2,1-3H3;4-8,25H,3,9-10H2,1-2H3;10-12,22H,4-9H2,1-3H3;19H,5-6H2,1-4H3;7H,3-4H2,1-2H3,(H,8,9);4H2,1-3H3,(H,7,8). The van der Waals surface area contributed by atoms with Gasteiger partial charge in [0, 0.05) is 31.1 Å². The van der Waals surface area contributed by atoms with Crippen LogP contribution in [0.15, 0.2) is 78.9 Å². The highest BCUT2D eigenvalue weighted by atomic mass is 19.4. The van der Waals surface area contributed by atoms with Gasteiger partial charge in [0.2, 0.25) is 5.60 Å². The van der Waals surface area contributed by atoms with Crippen molar-refractivity contribution in [3.8, 4) is 23.0 Å². The number of carboxylic acid groups (broad SMARTS) is 2. The van der Waals surface area contributed by atoms with Gasteiger partial charge in [0.1, 0.15) is 40.3 Å². The highest BCUT2D eigenvalue weighted by Crippen LogP contribution is 2.65. The summed E-state index contributed by atoms with van der Waals surface area (Å²) in [6, 6.07) is 20.2. The third-order valence-electron chi connectivity index (χ3n) is 28.4. The van der Waals surface area contributed by atoms with E-state index in [0.717, 1.165) is 19.8 Å². The molecule has 3 aromatic rings. The molecule has 6 fully saturated rings. The number of esters is 5. The van der Waals surface area contributed by atoms with Crippen molar-refractivity contribution in [1.29, 1.82) is 0 Å². The van der Waals surface area contributed by atoms with Crippen molar-refractivity contribution in [2.75, 3.05) is 13.2 Å². The molecule has 9 rings (SSSR count). The summed E-state index contributed by atoms with van der Waals surface area (Å²) < 4.78 is 339. The first-order valence-electron chi connectivity index (χ1n) is 44.7. The van der Waals surface area contributed by atoms with Crippen molar-refractivity contribution in [2.24, 2.45) is 67.5 Å². The number of fused-ring (bicyclic) bond motifs is 3. The summed E-state index contributed by atoms with van der Waals surface area (Å²) in [4.78, 5) is 81.1. The van der Waals surface area contributed by atoms with E-state index >= 15 is 0 Å². The van der Waals surface area contributed by atoms with Gasteiger partial charge in [0.05, 0.1) is 51.1 Å². The van der Waals surface area contributed by atoms with Crippen LogP contribution in [-0.4, -0.2) is 196 Å². The van der Waals surface area contributed by atoms with Gasteiger partial charge in [-0.3, -0.25) is 33.6 Å². The van der Waals surface area contributed by atoms with Crippen molar-refractivity contribution in [1.82, 2.24) is 0 Å². The second-order valence-corrected chi connectivity index (χ2v) is 40.5. The maximum Gasteiger partial charge on any atom is 0.449 e. The van der Waals surface area contributed by atoms with E-state index in [1.807, 2.05) is 41.5 Å². The summed E-state index contributed by atoms with van der Waals surface area (Å²) in [6.07, 6.45) is -42.2. The van der Waals surface area contributed by atoms with E-state index in [9.17, 15) is 165 Å². The predicted molar refractivity (Wildman–Crippen MR) is 455 cm³/mol. The smallest absolute Gasteiger partial charge is 0.449 e. The molecule has 15 atom stereocenters. The van der Waals surface area contributed by atoms with Crippen LogP contribution in [0.2, 0.25) is 0 Å². The lowest BCUT2D eigenvalue weighted by Gasteiger charge is -2.47. The van der Waals surface area contributed by atoms with Crippen LogP contribution in [0.3, 0.4) is 0 Å². The highest BCUT2D eigenvalue weighted by molar-refractivity contribution is 5.81. The summed E-state index contributed by atoms with van der Waals surface area (Å²) >= 11 is 0. The molecule has 804 valence electrons. The van der Waals surface area contributed by atoms with Crippen molar-refractivity contribution in [2.45, 2.75) is 355 Å². The van der Waals surface area contributed by atoms with Gasteiger partial charge in [-0.2, -0.15) is 101 Å². The Morgan fingerprint density at radius 1 is 0.486 bits per heavy atom. The number of carbonyl (C=O) groups is 7. The zero-order valence-corrected chi connectivity index (χ0v) is 81.3. The molecule has 15 unspecified atom stereocenters. The number of aliphatic hydroxyl groups is 6. The number of aromatic hydroxyl groups is 1. The summed E-state index contributed by atoms with van der Waals surface area (Å²) in [5, 5.41) is 82.9. The number of carboxylic acids is 2. The predicted octanol–water partition coefficient (Wildman–Crippen LogP) is 22.4. The molecule has 0 aromatic heterocycles. The van der Waals surface area contributed by atoms with Gasteiger partial charge in [-0.25, -0.2) is 0 Å². The molecule has 2 bridgehead atoms. The van der Waals surface area contributed by atoms with Gasteiger partial charge in [0.25, 0.3) is 11.2 Å². The summed E-state index contributed by atoms with van der Waals surface area (Å²) in [5.74, 6) is -17.6. The topological polar surface area (TPSA) is 366 Å². The van der Waals surface area contributed by atoms with Crippen LogP contribution in [0, 0.1) is 67.5 Å². The molecule has 3 saturated heterocycles. The average Bonchev–Trinajstić information content (AvgIpc) is 1.58. The van der Waals surface area contributed by atoms with Crippen molar-refractivity contribution in [3.05, 3.63) is 84.4 Å². The van der Waals surface area contributed by atoms with Crippen LogP contribution in [-0.2, 0) is 62.8 Å². The normalized spacial score (nSPS) is 26.8. The van der Waals surface area contributed by atoms with Crippen LogP contribution >= 0.6 is 0 Å². The number of ether oxygens (including phenoxy) is 7.